The van der Waals surface area contributed by atoms with Crippen molar-refractivity contribution >= 4 is 19.3 Å². The Balaban J connectivity index is 4.42. The van der Waals surface area contributed by atoms with Crippen molar-refractivity contribution in [3.05, 3.63) is 0 Å². The molecule has 1 unspecified atom stereocenters. The molecule has 0 aromatic rings. The van der Waals surface area contributed by atoms with Crippen molar-refractivity contribution in [1.29, 1.82) is 0 Å². The second-order valence-electron chi connectivity index (χ2n) is 2.85. The van der Waals surface area contributed by atoms with Crippen LogP contribution in [0.4, 0.5) is 0 Å². The molecule has 0 heterocycles. The lowest BCUT2D eigenvalue weighted by molar-refractivity contribution is -0.117. The zero-order valence-corrected chi connectivity index (χ0v) is 8.78. The Bertz CT molecular complexity index is 270. The molecule has 0 amide bonds. The number of rotatable bonds is 3. The molecule has 13 heavy (non-hydrogen) atoms. The van der Waals surface area contributed by atoms with Gasteiger partial charge in [-0.25, -0.2) is 0 Å². The number of ketones is 1. The molecule has 0 saturated carbocycles. The number of nitrogens with two attached hydrogens (primary N) is 1. The molecule has 0 saturated heterocycles. The van der Waals surface area contributed by atoms with Gasteiger partial charge in [0, 0.05) is 13.7 Å². The van der Waals surface area contributed by atoms with E-state index in [9.17, 15) is 9.36 Å². The Morgan fingerprint density at radius 3 is 2.46 bits per heavy atom. The lowest BCUT2D eigenvalue weighted by Gasteiger charge is -2.16. The van der Waals surface area contributed by atoms with E-state index in [1.165, 1.54) is 18.9 Å². The van der Waals surface area contributed by atoms with Gasteiger partial charge < -0.3 is 15.5 Å². The van der Waals surface area contributed by atoms with Crippen LogP contribution in [0.15, 0.2) is 4.76 Å². The van der Waals surface area contributed by atoms with Crippen molar-refractivity contribution < 1.29 is 14.3 Å². The highest BCUT2D eigenvalue weighted by molar-refractivity contribution is 7.55. The van der Waals surface area contributed by atoms with Gasteiger partial charge in [-0.3, -0.25) is 9.36 Å². The van der Waals surface area contributed by atoms with E-state index in [-0.39, 0.29) is 18.3 Å². The van der Waals surface area contributed by atoms with Crippen LogP contribution >= 0.6 is 7.52 Å². The number of nitrogens with zero attached hydrogens (tertiary/aromatic N) is 2. The van der Waals surface area contributed by atoms with E-state index in [1.54, 1.807) is 0 Å². The number of Topliss-reactive ketones (excluding diaryl/α,β-unsaturated/α-hetero) is 1. The summed E-state index contributed by atoms with van der Waals surface area (Å²) in [5.74, 6) is -0.201. The molecule has 0 fully saturated rings. The molecule has 0 aromatic heterocycles. The minimum absolute atomic E-state index is 0.0787. The van der Waals surface area contributed by atoms with Gasteiger partial charge in [0.15, 0.2) is 5.96 Å². The van der Waals surface area contributed by atoms with Crippen molar-refractivity contribution in [3.8, 4) is 0 Å². The maximum Gasteiger partial charge on any atom is 0.312 e. The maximum absolute atomic E-state index is 10.8. The summed E-state index contributed by atoms with van der Waals surface area (Å²) >= 11 is 0. The fourth-order valence-electron chi connectivity index (χ4n) is 0.681. The summed E-state index contributed by atoms with van der Waals surface area (Å²) in [4.78, 5) is 20.8. The molecular weight excluding hydrogens is 193 g/mol. The molecule has 1 atom stereocenters. The molecule has 0 aliphatic heterocycles. The summed E-state index contributed by atoms with van der Waals surface area (Å²) in [5.41, 5.74) is 5.34. The predicted octanol–water partition coefficient (Wildman–Crippen LogP) is -0.363. The molecule has 0 rings (SSSR count). The second-order valence-corrected chi connectivity index (χ2v) is 4.72. The first-order valence-electron chi connectivity index (χ1n) is 3.59. The third-order valence-corrected chi connectivity index (χ3v) is 1.71. The van der Waals surface area contributed by atoms with Crippen LogP contribution in [0.25, 0.3) is 0 Å². The Morgan fingerprint density at radius 1 is 1.69 bits per heavy atom. The minimum atomic E-state index is -3.51. The summed E-state index contributed by atoms with van der Waals surface area (Å²) in [5, 5.41) is 0. The van der Waals surface area contributed by atoms with Crippen molar-refractivity contribution in [2.75, 3.05) is 20.3 Å². The first-order valence-corrected chi connectivity index (χ1v) is 5.65. The quantitative estimate of drug-likeness (QED) is 0.374. The van der Waals surface area contributed by atoms with Crippen molar-refractivity contribution in [2.24, 2.45) is 10.5 Å². The monoisotopic (exact) mass is 207 g/mol. The summed E-state index contributed by atoms with van der Waals surface area (Å²) < 4.78 is 14.1. The normalized spacial score (nSPS) is 16.5. The molecular formula is C6H14N3O3P. The predicted molar refractivity (Wildman–Crippen MR) is 50.7 cm³/mol. The van der Waals surface area contributed by atoms with Gasteiger partial charge in [0.1, 0.15) is 5.78 Å². The van der Waals surface area contributed by atoms with Crippen molar-refractivity contribution in [3.63, 3.8) is 0 Å². The third-order valence-electron chi connectivity index (χ3n) is 1.14. The molecule has 0 aromatic carbocycles. The molecule has 76 valence electrons. The SMILES string of the molecule is CC(=O)CN(C)/C(N)=N/P(C)(=O)O. The van der Waals surface area contributed by atoms with E-state index in [0.29, 0.717) is 0 Å². The van der Waals surface area contributed by atoms with Crippen LogP contribution in [-0.4, -0.2) is 41.8 Å². The van der Waals surface area contributed by atoms with Gasteiger partial charge in [0.2, 0.25) is 0 Å². The Hall–Kier alpha value is -0.870. The molecule has 0 spiro atoms. The van der Waals surface area contributed by atoms with E-state index in [2.05, 4.69) is 4.76 Å². The highest BCUT2D eigenvalue weighted by Gasteiger charge is 2.11. The zero-order valence-electron chi connectivity index (χ0n) is 7.89. The van der Waals surface area contributed by atoms with Crippen LogP contribution < -0.4 is 5.73 Å². The van der Waals surface area contributed by atoms with Crippen LogP contribution in [0.2, 0.25) is 0 Å². The van der Waals surface area contributed by atoms with Gasteiger partial charge in [0.25, 0.3) is 0 Å². The number of likely N-dealkylation sites (N-methyl/N-ethyl adjacent to an activating group) is 1. The Kier molecular flexibility index (Phi) is 4.10. The largest absolute Gasteiger partial charge is 0.369 e. The number of hydrogen-bond acceptors (Lipinski definition) is 2. The van der Waals surface area contributed by atoms with E-state index < -0.39 is 7.52 Å². The number of hydrogen-bond donors (Lipinski definition) is 2. The first-order chi connectivity index (χ1) is 5.72. The topological polar surface area (TPSA) is 96.0 Å². The molecule has 3 N–H and O–H groups in total. The summed E-state index contributed by atoms with van der Waals surface area (Å²) in [6, 6.07) is 0. The lowest BCUT2D eigenvalue weighted by Crippen LogP contribution is -2.36. The van der Waals surface area contributed by atoms with Gasteiger partial charge >= 0.3 is 7.52 Å². The number of carbonyl (C=O) groups is 1. The summed E-state index contributed by atoms with van der Waals surface area (Å²) in [7, 11) is -1.99. The second kappa shape index (κ2) is 4.39. The average Bonchev–Trinajstić information content (AvgIpc) is 1.81. The Morgan fingerprint density at radius 2 is 2.15 bits per heavy atom. The molecule has 0 bridgehead atoms. The summed E-state index contributed by atoms with van der Waals surface area (Å²) in [6.07, 6.45) is 0. The molecule has 0 aliphatic carbocycles. The highest BCUT2D eigenvalue weighted by atomic mass is 31.2. The Labute approximate surface area is 76.9 Å². The van der Waals surface area contributed by atoms with Crippen LogP contribution in [0, 0.1) is 0 Å². The van der Waals surface area contributed by atoms with Crippen LogP contribution in [0.3, 0.4) is 0 Å². The van der Waals surface area contributed by atoms with Crippen molar-refractivity contribution in [1.82, 2.24) is 4.90 Å². The van der Waals surface area contributed by atoms with E-state index >= 15 is 0 Å². The van der Waals surface area contributed by atoms with Crippen LogP contribution in [-0.2, 0) is 9.36 Å². The van der Waals surface area contributed by atoms with Gasteiger partial charge in [-0.05, 0) is 6.92 Å². The summed E-state index contributed by atoms with van der Waals surface area (Å²) in [6.45, 7) is 2.55. The average molecular weight is 207 g/mol. The van der Waals surface area contributed by atoms with Gasteiger partial charge in [0.05, 0.1) is 6.54 Å². The zero-order chi connectivity index (χ0) is 10.6. The highest BCUT2D eigenvalue weighted by Crippen LogP contribution is 2.36. The number of carbonyl (C=O) groups excluding carboxylic acids is 1. The van der Waals surface area contributed by atoms with E-state index in [4.69, 9.17) is 10.6 Å². The molecule has 6 nitrogen and oxygen atoms in total. The molecule has 0 aliphatic rings. The van der Waals surface area contributed by atoms with Crippen LogP contribution in [0.5, 0.6) is 0 Å². The fourth-order valence-corrected chi connectivity index (χ4v) is 1.21. The van der Waals surface area contributed by atoms with Gasteiger partial charge in [-0.15, -0.1) is 0 Å². The third kappa shape index (κ3) is 6.31. The smallest absolute Gasteiger partial charge is 0.312 e. The van der Waals surface area contributed by atoms with Gasteiger partial charge in [-0.1, -0.05) is 0 Å². The van der Waals surface area contributed by atoms with Crippen LogP contribution in [0.1, 0.15) is 6.92 Å². The fraction of sp³-hybridized carbons (Fsp3) is 0.667. The molecule has 0 radical (unpaired) electrons. The minimum Gasteiger partial charge on any atom is -0.369 e. The maximum atomic E-state index is 10.8. The lowest BCUT2D eigenvalue weighted by atomic mass is 10.4. The molecule has 7 heteroatoms. The standard InChI is InChI=1S/C6H14N3O3P/c1-5(10)4-9(2)6(7)8-13(3,11)12/h4H2,1-3H3,(H3,7,8,11,12). The van der Waals surface area contributed by atoms with Gasteiger partial charge in [-0.2, -0.15) is 4.76 Å². The number of guanidine groups is 1. The van der Waals surface area contributed by atoms with Crippen molar-refractivity contribution in [2.45, 2.75) is 6.92 Å². The van der Waals surface area contributed by atoms with E-state index in [0.717, 1.165) is 6.66 Å². The first kappa shape index (κ1) is 12.1. The van der Waals surface area contributed by atoms with E-state index in [1.807, 2.05) is 0 Å².